The topological polar surface area (TPSA) is 73.9 Å². The molecule has 6 nitrogen and oxygen atoms in total. The van der Waals surface area contributed by atoms with E-state index >= 15 is 0 Å². The molecule has 3 heterocycles. The highest BCUT2D eigenvalue weighted by molar-refractivity contribution is 5.82. The third kappa shape index (κ3) is 2.67. The van der Waals surface area contributed by atoms with Gasteiger partial charge in [0.1, 0.15) is 0 Å². The largest absolute Gasteiger partial charge is 0.347 e. The van der Waals surface area contributed by atoms with Gasteiger partial charge >= 0.3 is 0 Å². The maximum Gasteiger partial charge on any atom is 0.240 e. The molecule has 2 N–H and O–H groups in total. The second-order valence-corrected chi connectivity index (χ2v) is 5.37. The van der Waals surface area contributed by atoms with Gasteiger partial charge in [-0.1, -0.05) is 0 Å². The number of likely N-dealkylation sites (N-methyl/N-ethyl adjacent to an activating group) is 1. The van der Waals surface area contributed by atoms with Gasteiger partial charge in [0, 0.05) is 32.4 Å². The molecule has 1 aliphatic heterocycles. The van der Waals surface area contributed by atoms with Gasteiger partial charge in [0.15, 0.2) is 0 Å². The standard InChI is InChI=1S/C15H19N5O/c1-10(11-3-5-16-6-4-11)20(2)15(21)13-7-12-14(8-17-13)19-9-18-12/h3-6,9-10,13,17H,7-8H2,1-2H3,(H,18,19). The molecule has 0 aliphatic carbocycles. The molecule has 2 aromatic rings. The van der Waals surface area contributed by atoms with E-state index in [9.17, 15) is 4.79 Å². The Morgan fingerprint density at radius 1 is 1.43 bits per heavy atom. The molecular formula is C15H19N5O. The van der Waals surface area contributed by atoms with Crippen LogP contribution in [-0.4, -0.2) is 38.8 Å². The highest BCUT2D eigenvalue weighted by atomic mass is 16.2. The van der Waals surface area contributed by atoms with Crippen LogP contribution in [0.2, 0.25) is 0 Å². The number of aromatic amines is 1. The van der Waals surface area contributed by atoms with Gasteiger partial charge in [0.2, 0.25) is 5.91 Å². The lowest BCUT2D eigenvalue weighted by Gasteiger charge is -2.31. The molecule has 0 saturated carbocycles. The fourth-order valence-electron chi connectivity index (χ4n) is 2.65. The number of hydrogen-bond donors (Lipinski definition) is 2. The molecule has 110 valence electrons. The molecule has 21 heavy (non-hydrogen) atoms. The minimum atomic E-state index is -0.213. The van der Waals surface area contributed by atoms with Crippen LogP contribution >= 0.6 is 0 Å². The molecule has 2 aromatic heterocycles. The van der Waals surface area contributed by atoms with Gasteiger partial charge in [-0.05, 0) is 24.6 Å². The number of nitrogens with one attached hydrogen (secondary N) is 2. The summed E-state index contributed by atoms with van der Waals surface area (Å²) in [6.07, 6.45) is 5.81. The first-order valence-electron chi connectivity index (χ1n) is 7.08. The van der Waals surface area contributed by atoms with Crippen molar-refractivity contribution in [1.29, 1.82) is 0 Å². The van der Waals surface area contributed by atoms with Crippen LogP contribution < -0.4 is 5.32 Å². The van der Waals surface area contributed by atoms with Gasteiger partial charge in [-0.2, -0.15) is 0 Å². The van der Waals surface area contributed by atoms with Gasteiger partial charge in [0.25, 0.3) is 0 Å². The minimum Gasteiger partial charge on any atom is -0.347 e. The summed E-state index contributed by atoms with van der Waals surface area (Å²) in [5, 5.41) is 3.27. The van der Waals surface area contributed by atoms with Crippen molar-refractivity contribution >= 4 is 5.91 Å². The van der Waals surface area contributed by atoms with Crippen LogP contribution in [0.25, 0.3) is 0 Å². The van der Waals surface area contributed by atoms with Crippen LogP contribution in [-0.2, 0) is 17.8 Å². The SMILES string of the molecule is CC(c1ccncc1)N(C)C(=O)C1Cc2nc[nH]c2CN1. The number of amides is 1. The number of fused-ring (bicyclic) bond motifs is 1. The summed E-state index contributed by atoms with van der Waals surface area (Å²) in [5.41, 5.74) is 3.14. The molecule has 0 spiro atoms. The lowest BCUT2D eigenvalue weighted by Crippen LogP contribution is -2.48. The maximum atomic E-state index is 12.7. The predicted molar refractivity (Wildman–Crippen MR) is 78.3 cm³/mol. The second kappa shape index (κ2) is 5.65. The van der Waals surface area contributed by atoms with E-state index in [-0.39, 0.29) is 18.0 Å². The lowest BCUT2D eigenvalue weighted by molar-refractivity contribution is -0.134. The number of nitrogens with zero attached hydrogens (tertiary/aromatic N) is 3. The van der Waals surface area contributed by atoms with Gasteiger partial charge in [-0.15, -0.1) is 0 Å². The molecule has 0 saturated heterocycles. The van der Waals surface area contributed by atoms with E-state index in [1.165, 1.54) is 0 Å². The molecule has 1 aliphatic rings. The molecule has 0 fully saturated rings. The first-order chi connectivity index (χ1) is 10.2. The quantitative estimate of drug-likeness (QED) is 0.883. The normalized spacial score (nSPS) is 18.9. The molecule has 0 aromatic carbocycles. The van der Waals surface area contributed by atoms with Gasteiger partial charge in [-0.3, -0.25) is 15.1 Å². The second-order valence-electron chi connectivity index (χ2n) is 5.37. The monoisotopic (exact) mass is 285 g/mol. The number of carbonyl (C=O) groups excluding carboxylic acids is 1. The zero-order valence-corrected chi connectivity index (χ0v) is 12.2. The van der Waals surface area contributed by atoms with Crippen molar-refractivity contribution in [3.05, 3.63) is 47.8 Å². The fraction of sp³-hybridized carbons (Fsp3) is 0.400. The van der Waals surface area contributed by atoms with E-state index in [4.69, 9.17) is 0 Å². The molecular weight excluding hydrogens is 266 g/mol. The molecule has 0 radical (unpaired) electrons. The Morgan fingerprint density at radius 3 is 2.95 bits per heavy atom. The van der Waals surface area contributed by atoms with E-state index in [2.05, 4.69) is 20.3 Å². The molecule has 2 unspecified atom stereocenters. The fourth-order valence-corrected chi connectivity index (χ4v) is 2.65. The number of imidazole rings is 1. The van der Waals surface area contributed by atoms with Crippen molar-refractivity contribution < 1.29 is 4.79 Å². The van der Waals surface area contributed by atoms with Crippen molar-refractivity contribution in [3.63, 3.8) is 0 Å². The number of rotatable bonds is 3. The van der Waals surface area contributed by atoms with Gasteiger partial charge < -0.3 is 9.88 Å². The van der Waals surface area contributed by atoms with Gasteiger partial charge in [-0.25, -0.2) is 4.98 Å². The van der Waals surface area contributed by atoms with Crippen LogP contribution in [0.4, 0.5) is 0 Å². The summed E-state index contributed by atoms with van der Waals surface area (Å²) in [6.45, 7) is 2.68. The van der Waals surface area contributed by atoms with Crippen LogP contribution in [0.15, 0.2) is 30.9 Å². The first kappa shape index (κ1) is 13.8. The lowest BCUT2D eigenvalue weighted by atomic mass is 10.0. The van der Waals surface area contributed by atoms with Crippen molar-refractivity contribution in [1.82, 2.24) is 25.2 Å². The zero-order valence-electron chi connectivity index (χ0n) is 12.2. The molecule has 0 bridgehead atoms. The summed E-state index contributed by atoms with van der Waals surface area (Å²) < 4.78 is 0. The van der Waals surface area contributed by atoms with Crippen LogP contribution in [0.5, 0.6) is 0 Å². The maximum absolute atomic E-state index is 12.7. The van der Waals surface area contributed by atoms with Crippen LogP contribution in [0, 0.1) is 0 Å². The van der Waals surface area contributed by atoms with E-state index in [1.54, 1.807) is 23.6 Å². The Labute approximate surface area is 123 Å². The number of hydrogen-bond acceptors (Lipinski definition) is 4. The van der Waals surface area contributed by atoms with E-state index in [0.717, 1.165) is 17.0 Å². The number of aromatic nitrogens is 3. The number of pyridine rings is 1. The summed E-state index contributed by atoms with van der Waals surface area (Å²) in [5.74, 6) is 0.0907. The van der Waals surface area contributed by atoms with Crippen molar-refractivity contribution in [3.8, 4) is 0 Å². The summed E-state index contributed by atoms with van der Waals surface area (Å²) in [7, 11) is 1.84. The van der Waals surface area contributed by atoms with E-state index < -0.39 is 0 Å². The third-order valence-corrected chi connectivity index (χ3v) is 4.15. The minimum absolute atomic E-state index is 0.0166. The first-order valence-corrected chi connectivity index (χ1v) is 7.08. The Hall–Kier alpha value is -2.21. The molecule has 1 amide bonds. The highest BCUT2D eigenvalue weighted by Crippen LogP contribution is 2.20. The molecule has 6 heteroatoms. The highest BCUT2D eigenvalue weighted by Gasteiger charge is 2.29. The number of H-pyrrole nitrogens is 1. The van der Waals surface area contributed by atoms with Crippen LogP contribution in [0.1, 0.15) is 29.9 Å². The molecule has 3 rings (SSSR count). The number of carbonyl (C=O) groups is 1. The van der Waals surface area contributed by atoms with Crippen molar-refractivity contribution in [2.45, 2.75) is 32.0 Å². The van der Waals surface area contributed by atoms with Crippen molar-refractivity contribution in [2.75, 3.05) is 7.05 Å². The Bertz CT molecular complexity index is 624. The molecule has 2 atom stereocenters. The van der Waals surface area contributed by atoms with Crippen molar-refractivity contribution in [2.24, 2.45) is 0 Å². The third-order valence-electron chi connectivity index (χ3n) is 4.15. The zero-order chi connectivity index (χ0) is 14.8. The smallest absolute Gasteiger partial charge is 0.240 e. The van der Waals surface area contributed by atoms with E-state index in [0.29, 0.717) is 13.0 Å². The summed E-state index contributed by atoms with van der Waals surface area (Å²) >= 11 is 0. The average molecular weight is 285 g/mol. The summed E-state index contributed by atoms with van der Waals surface area (Å²) in [4.78, 5) is 25.8. The summed E-state index contributed by atoms with van der Waals surface area (Å²) in [6, 6.07) is 3.68. The Morgan fingerprint density at radius 2 is 2.19 bits per heavy atom. The Kier molecular flexibility index (Phi) is 3.70. The Balaban J connectivity index is 1.71. The van der Waals surface area contributed by atoms with Gasteiger partial charge in [0.05, 0.1) is 29.8 Å². The average Bonchev–Trinajstić information content (AvgIpc) is 3.01. The van der Waals surface area contributed by atoms with E-state index in [1.807, 2.05) is 26.1 Å². The van der Waals surface area contributed by atoms with Crippen LogP contribution in [0.3, 0.4) is 0 Å². The predicted octanol–water partition coefficient (Wildman–Crippen LogP) is 1.04.